The summed E-state index contributed by atoms with van der Waals surface area (Å²) >= 11 is 12.8. The third kappa shape index (κ3) is 3.80. The van der Waals surface area contributed by atoms with Crippen molar-refractivity contribution < 1.29 is 13.2 Å². The van der Waals surface area contributed by atoms with Gasteiger partial charge in [0, 0.05) is 7.05 Å². The lowest BCUT2D eigenvalue weighted by Gasteiger charge is -2.10. The van der Waals surface area contributed by atoms with Crippen molar-refractivity contribution in [2.75, 3.05) is 4.72 Å². The molecule has 10 heteroatoms. The van der Waals surface area contributed by atoms with E-state index in [9.17, 15) is 8.42 Å². The van der Waals surface area contributed by atoms with Gasteiger partial charge in [-0.25, -0.2) is 8.42 Å². The second-order valence-electron chi connectivity index (χ2n) is 7.03. The van der Waals surface area contributed by atoms with Crippen LogP contribution >= 0.6 is 34.5 Å². The number of rotatable bonds is 5. The molecule has 0 aliphatic rings. The Morgan fingerprint density at radius 1 is 1.00 bits per heavy atom. The van der Waals surface area contributed by atoms with Crippen molar-refractivity contribution in [3.05, 3.63) is 76.1 Å². The lowest BCUT2D eigenvalue weighted by Crippen LogP contribution is -2.12. The van der Waals surface area contributed by atoms with Crippen molar-refractivity contribution in [1.29, 1.82) is 0 Å². The van der Waals surface area contributed by atoms with E-state index in [0.29, 0.717) is 22.4 Å². The first-order valence-corrected chi connectivity index (χ1v) is 12.5. The number of benzene rings is 3. The minimum absolute atomic E-state index is 0.000711. The molecule has 0 radical (unpaired) electrons. The molecule has 0 unspecified atom stereocenters. The average Bonchev–Trinajstić information content (AvgIpc) is 3.27. The van der Waals surface area contributed by atoms with Crippen LogP contribution < -0.4 is 9.46 Å². The molecular formula is C22H15Cl2N3O3S2. The fourth-order valence-corrected chi connectivity index (χ4v) is 6.32. The minimum Gasteiger partial charge on any atom is -0.456 e. The second-order valence-corrected chi connectivity index (χ2v) is 11.0. The number of aryl methyl sites for hydroxylation is 1. The fourth-order valence-electron chi connectivity index (χ4n) is 3.43. The highest BCUT2D eigenvalue weighted by Crippen LogP contribution is 2.38. The molecule has 0 bridgehead atoms. The van der Waals surface area contributed by atoms with E-state index in [0.717, 1.165) is 22.1 Å². The van der Waals surface area contributed by atoms with E-state index in [4.69, 9.17) is 27.9 Å². The first-order chi connectivity index (χ1) is 15.3. The van der Waals surface area contributed by atoms with E-state index in [1.807, 2.05) is 54.6 Å². The Balaban J connectivity index is 1.57. The molecule has 0 amide bonds. The Kier molecular flexibility index (Phi) is 5.25. The zero-order chi connectivity index (χ0) is 22.5. The Labute approximate surface area is 198 Å². The Morgan fingerprint density at radius 3 is 2.53 bits per heavy atom. The largest absolute Gasteiger partial charge is 0.456 e. The minimum atomic E-state index is -3.94. The van der Waals surface area contributed by atoms with Crippen LogP contribution in [0.25, 0.3) is 21.7 Å². The van der Waals surface area contributed by atoms with Crippen LogP contribution in [-0.4, -0.2) is 18.2 Å². The van der Waals surface area contributed by atoms with Crippen molar-refractivity contribution in [3.63, 3.8) is 0 Å². The normalized spacial score (nSPS) is 11.8. The molecule has 6 nitrogen and oxygen atoms in total. The summed E-state index contributed by atoms with van der Waals surface area (Å²) < 4.78 is 36.4. The average molecular weight is 504 g/mol. The van der Waals surface area contributed by atoms with Crippen LogP contribution in [0.2, 0.25) is 9.36 Å². The number of fused-ring (bicyclic) bond motifs is 2. The monoisotopic (exact) mass is 503 g/mol. The lowest BCUT2D eigenvalue weighted by atomic mass is 10.1. The quantitative estimate of drug-likeness (QED) is 0.290. The molecular weight excluding hydrogens is 489 g/mol. The summed E-state index contributed by atoms with van der Waals surface area (Å²) in [5, 5.41) is 7.23. The highest BCUT2D eigenvalue weighted by atomic mass is 35.5. The van der Waals surface area contributed by atoms with Crippen LogP contribution in [0.5, 0.6) is 11.5 Å². The number of thiophene rings is 1. The maximum absolute atomic E-state index is 12.9. The molecule has 0 fully saturated rings. The first-order valence-electron chi connectivity index (χ1n) is 9.42. The van der Waals surface area contributed by atoms with Gasteiger partial charge in [0.15, 0.2) is 5.82 Å². The van der Waals surface area contributed by atoms with E-state index in [1.54, 1.807) is 17.8 Å². The predicted octanol–water partition coefficient (Wildman–Crippen LogP) is 6.69. The summed E-state index contributed by atoms with van der Waals surface area (Å²) in [5.41, 5.74) is 0.711. The molecule has 162 valence electrons. The third-order valence-electron chi connectivity index (χ3n) is 4.91. The number of halogens is 2. The summed E-state index contributed by atoms with van der Waals surface area (Å²) in [7, 11) is -2.21. The van der Waals surface area contributed by atoms with Crippen molar-refractivity contribution in [3.8, 4) is 11.5 Å². The summed E-state index contributed by atoms with van der Waals surface area (Å²) in [4.78, 5) is 0. The van der Waals surface area contributed by atoms with Gasteiger partial charge in [-0.15, -0.1) is 11.3 Å². The van der Waals surface area contributed by atoms with Gasteiger partial charge >= 0.3 is 0 Å². The molecule has 32 heavy (non-hydrogen) atoms. The number of sulfonamides is 1. The number of aromatic nitrogens is 2. The lowest BCUT2D eigenvalue weighted by molar-refractivity contribution is 0.489. The van der Waals surface area contributed by atoms with E-state index < -0.39 is 10.0 Å². The molecule has 5 rings (SSSR count). The molecule has 1 N–H and O–H groups in total. The molecule has 5 aromatic rings. The molecule has 2 heterocycles. The first kappa shape index (κ1) is 21.1. The Morgan fingerprint density at radius 2 is 1.78 bits per heavy atom. The number of ether oxygens (including phenoxy) is 1. The van der Waals surface area contributed by atoms with Crippen molar-refractivity contribution in [1.82, 2.24) is 9.78 Å². The van der Waals surface area contributed by atoms with Crippen molar-refractivity contribution >= 4 is 72.1 Å². The fraction of sp³-hybridized carbons (Fsp3) is 0.0455. The summed E-state index contributed by atoms with van der Waals surface area (Å²) in [6.07, 6.45) is 0. The van der Waals surface area contributed by atoms with Crippen LogP contribution in [0.1, 0.15) is 0 Å². The topological polar surface area (TPSA) is 73.2 Å². The number of nitrogens with one attached hydrogen (secondary N) is 1. The Hall–Kier alpha value is -2.78. The van der Waals surface area contributed by atoms with Gasteiger partial charge in [0.25, 0.3) is 10.0 Å². The SMILES string of the molecule is Cn1nc(NS(=O)(=O)c2cc(Cl)c(Cl)s2)c2c(Oc3ccc4ccccc4c3)cccc21. The number of anilines is 1. The van der Waals surface area contributed by atoms with E-state index in [-0.39, 0.29) is 19.4 Å². The van der Waals surface area contributed by atoms with Crippen molar-refractivity contribution in [2.45, 2.75) is 4.21 Å². The van der Waals surface area contributed by atoms with Gasteiger partial charge in [0.05, 0.1) is 15.9 Å². The number of hydrogen-bond acceptors (Lipinski definition) is 5. The molecule has 0 spiro atoms. The molecule has 0 aliphatic heterocycles. The summed E-state index contributed by atoms with van der Waals surface area (Å²) in [6.45, 7) is 0. The molecule has 2 aromatic heterocycles. The van der Waals surface area contributed by atoms with Crippen LogP contribution in [0.4, 0.5) is 5.82 Å². The zero-order valence-corrected chi connectivity index (χ0v) is 19.7. The number of nitrogens with zero attached hydrogens (tertiary/aromatic N) is 2. The highest BCUT2D eigenvalue weighted by Gasteiger charge is 2.24. The summed E-state index contributed by atoms with van der Waals surface area (Å²) in [6, 6.07) is 20.5. The Bertz CT molecular complexity index is 1570. The van der Waals surface area contributed by atoms with Gasteiger partial charge < -0.3 is 4.74 Å². The molecule has 0 atom stereocenters. The van der Waals surface area contributed by atoms with E-state index in [1.165, 1.54) is 6.07 Å². The molecule has 0 aliphatic carbocycles. The van der Waals surface area contributed by atoms with Crippen LogP contribution in [0.15, 0.2) is 70.9 Å². The van der Waals surface area contributed by atoms with E-state index >= 15 is 0 Å². The maximum Gasteiger partial charge on any atom is 0.272 e. The van der Waals surface area contributed by atoms with Gasteiger partial charge in [-0.3, -0.25) is 9.40 Å². The molecule has 0 saturated carbocycles. The van der Waals surface area contributed by atoms with Crippen LogP contribution in [0.3, 0.4) is 0 Å². The van der Waals surface area contributed by atoms with Crippen LogP contribution in [0, 0.1) is 0 Å². The van der Waals surface area contributed by atoms with Gasteiger partial charge in [-0.1, -0.05) is 59.6 Å². The molecule has 0 saturated heterocycles. The number of hydrogen-bond donors (Lipinski definition) is 1. The highest BCUT2D eigenvalue weighted by molar-refractivity contribution is 7.94. The zero-order valence-electron chi connectivity index (χ0n) is 16.5. The maximum atomic E-state index is 12.9. The van der Waals surface area contributed by atoms with Gasteiger partial charge in [0.1, 0.15) is 20.0 Å². The van der Waals surface area contributed by atoms with Gasteiger partial charge in [0.2, 0.25) is 0 Å². The summed E-state index contributed by atoms with van der Waals surface area (Å²) in [5.74, 6) is 1.26. The van der Waals surface area contributed by atoms with Crippen LogP contribution in [-0.2, 0) is 17.1 Å². The smallest absolute Gasteiger partial charge is 0.272 e. The predicted molar refractivity (Wildman–Crippen MR) is 130 cm³/mol. The van der Waals surface area contributed by atoms with Crippen molar-refractivity contribution in [2.24, 2.45) is 7.05 Å². The molecule has 3 aromatic carbocycles. The second kappa shape index (κ2) is 7.97. The van der Waals surface area contributed by atoms with Gasteiger partial charge in [-0.05, 0) is 41.1 Å². The van der Waals surface area contributed by atoms with E-state index in [2.05, 4.69) is 9.82 Å². The third-order valence-corrected chi connectivity index (χ3v) is 8.58. The van der Waals surface area contributed by atoms with Gasteiger partial charge in [-0.2, -0.15) is 5.10 Å². The standard InChI is InChI=1S/C22H15Cl2N3O3S2/c1-27-17-7-4-8-18(30-15-10-9-13-5-2-3-6-14(13)11-15)20(17)22(25-27)26-32(28,29)19-12-16(23)21(24)31-19/h2-12H,1H3,(H,25,26).